The summed E-state index contributed by atoms with van der Waals surface area (Å²) in [4.78, 5) is 1.10. The first kappa shape index (κ1) is 14.0. The minimum atomic E-state index is -0.603. The summed E-state index contributed by atoms with van der Waals surface area (Å²) in [7, 11) is 1.65. The number of hydrogen-bond acceptors (Lipinski definition) is 3. The molecule has 1 unspecified atom stereocenters. The van der Waals surface area contributed by atoms with Crippen molar-refractivity contribution in [2.75, 3.05) is 13.4 Å². The molecule has 0 saturated heterocycles. The molecule has 19 heavy (non-hydrogen) atoms. The number of thioether (sulfide) groups is 1. The highest BCUT2D eigenvalue weighted by Crippen LogP contribution is 2.31. The van der Waals surface area contributed by atoms with Gasteiger partial charge in [-0.2, -0.15) is 0 Å². The summed E-state index contributed by atoms with van der Waals surface area (Å²) in [5.74, 6) is 0.842. The molecule has 0 aliphatic heterocycles. The summed E-state index contributed by atoms with van der Waals surface area (Å²) >= 11 is 1.65. The van der Waals surface area contributed by atoms with Gasteiger partial charge in [0.25, 0.3) is 0 Å². The molecule has 0 saturated carbocycles. The normalized spacial score (nSPS) is 12.2. The Morgan fingerprint density at radius 2 is 1.89 bits per heavy atom. The van der Waals surface area contributed by atoms with Gasteiger partial charge in [-0.05, 0) is 48.1 Å². The molecular formula is C16H18O2S. The lowest BCUT2D eigenvalue weighted by atomic mass is 9.99. The summed E-state index contributed by atoms with van der Waals surface area (Å²) in [5.41, 5.74) is 2.86. The molecule has 0 spiro atoms. The fourth-order valence-electron chi connectivity index (χ4n) is 2.14. The zero-order chi connectivity index (χ0) is 13.8. The Balaban J connectivity index is 2.38. The number of aryl methyl sites for hydroxylation is 1. The second-order valence-electron chi connectivity index (χ2n) is 4.37. The first-order valence-electron chi connectivity index (χ1n) is 6.13. The number of ether oxygens (including phenoxy) is 1. The lowest BCUT2D eigenvalue weighted by molar-refractivity contribution is 0.217. The zero-order valence-corrected chi connectivity index (χ0v) is 12.2. The molecule has 0 fully saturated rings. The standard InChI is InChI=1S/C16H18O2S/c1-11-10-12(8-9-14(11)18-2)16(17)13-6-4-5-7-15(13)19-3/h4-10,16-17H,1-3H3. The van der Waals surface area contributed by atoms with Gasteiger partial charge < -0.3 is 9.84 Å². The van der Waals surface area contributed by atoms with Crippen LogP contribution in [-0.4, -0.2) is 18.5 Å². The van der Waals surface area contributed by atoms with Crippen molar-refractivity contribution in [3.05, 3.63) is 59.2 Å². The van der Waals surface area contributed by atoms with Crippen molar-refractivity contribution in [2.24, 2.45) is 0 Å². The number of methoxy groups -OCH3 is 1. The van der Waals surface area contributed by atoms with Crippen molar-refractivity contribution >= 4 is 11.8 Å². The third kappa shape index (κ3) is 2.94. The molecule has 2 rings (SSSR count). The first-order chi connectivity index (χ1) is 9.17. The van der Waals surface area contributed by atoms with Gasteiger partial charge in [0.15, 0.2) is 0 Å². The predicted octanol–water partition coefficient (Wildman–Crippen LogP) is 3.81. The van der Waals surface area contributed by atoms with Crippen LogP contribution < -0.4 is 4.74 Å². The Kier molecular flexibility index (Phi) is 4.51. The molecule has 0 amide bonds. The summed E-state index contributed by atoms with van der Waals surface area (Å²) in [5, 5.41) is 10.5. The van der Waals surface area contributed by atoms with E-state index < -0.39 is 6.10 Å². The molecule has 1 N–H and O–H groups in total. The molecule has 3 heteroatoms. The predicted molar refractivity (Wildman–Crippen MR) is 80.0 cm³/mol. The average molecular weight is 274 g/mol. The summed E-state index contributed by atoms with van der Waals surface area (Å²) in [6.45, 7) is 1.98. The van der Waals surface area contributed by atoms with Crippen LogP contribution >= 0.6 is 11.8 Å². The maximum Gasteiger partial charge on any atom is 0.121 e. The molecule has 0 bridgehead atoms. The molecule has 100 valence electrons. The van der Waals surface area contributed by atoms with Crippen LogP contribution in [0.15, 0.2) is 47.4 Å². The summed E-state index contributed by atoms with van der Waals surface area (Å²) in [6, 6.07) is 13.7. The number of aliphatic hydroxyl groups is 1. The van der Waals surface area contributed by atoms with E-state index in [-0.39, 0.29) is 0 Å². The third-order valence-corrected chi connectivity index (χ3v) is 3.98. The highest BCUT2D eigenvalue weighted by Gasteiger charge is 2.14. The highest BCUT2D eigenvalue weighted by atomic mass is 32.2. The Bertz CT molecular complexity index is 566. The monoisotopic (exact) mass is 274 g/mol. The van der Waals surface area contributed by atoms with Gasteiger partial charge in [-0.3, -0.25) is 0 Å². The fourth-order valence-corrected chi connectivity index (χ4v) is 2.77. The number of aliphatic hydroxyl groups excluding tert-OH is 1. The Labute approximate surface area is 118 Å². The maximum atomic E-state index is 10.5. The van der Waals surface area contributed by atoms with Gasteiger partial charge in [-0.15, -0.1) is 11.8 Å². The molecule has 2 nitrogen and oxygen atoms in total. The van der Waals surface area contributed by atoms with Gasteiger partial charge in [0.2, 0.25) is 0 Å². The number of hydrogen-bond donors (Lipinski definition) is 1. The zero-order valence-electron chi connectivity index (χ0n) is 11.4. The maximum absolute atomic E-state index is 10.5. The fraction of sp³-hybridized carbons (Fsp3) is 0.250. The third-order valence-electron chi connectivity index (χ3n) is 3.17. The van der Waals surface area contributed by atoms with E-state index in [4.69, 9.17) is 4.74 Å². The van der Waals surface area contributed by atoms with Crippen LogP contribution in [0.4, 0.5) is 0 Å². The van der Waals surface area contributed by atoms with Crippen LogP contribution in [0.2, 0.25) is 0 Å². The van der Waals surface area contributed by atoms with Crippen molar-refractivity contribution < 1.29 is 9.84 Å². The number of benzene rings is 2. The highest BCUT2D eigenvalue weighted by molar-refractivity contribution is 7.98. The van der Waals surface area contributed by atoms with Gasteiger partial charge >= 0.3 is 0 Å². The van der Waals surface area contributed by atoms with Crippen molar-refractivity contribution in [1.29, 1.82) is 0 Å². The summed E-state index contributed by atoms with van der Waals surface area (Å²) in [6.07, 6.45) is 1.42. The van der Waals surface area contributed by atoms with Crippen LogP contribution in [-0.2, 0) is 0 Å². The molecule has 0 aromatic heterocycles. The van der Waals surface area contributed by atoms with Gasteiger partial charge in [0.05, 0.1) is 7.11 Å². The molecule has 2 aromatic carbocycles. The summed E-state index contributed by atoms with van der Waals surface area (Å²) < 4.78 is 5.24. The quantitative estimate of drug-likeness (QED) is 0.860. The van der Waals surface area contributed by atoms with Gasteiger partial charge in [-0.1, -0.05) is 24.3 Å². The lowest BCUT2D eigenvalue weighted by Crippen LogP contribution is -2.02. The van der Waals surface area contributed by atoms with E-state index in [0.717, 1.165) is 27.3 Å². The molecule has 0 aliphatic rings. The molecule has 0 heterocycles. The van der Waals surface area contributed by atoms with E-state index in [2.05, 4.69) is 0 Å². The Morgan fingerprint density at radius 3 is 2.53 bits per heavy atom. The van der Waals surface area contributed by atoms with E-state index in [1.54, 1.807) is 18.9 Å². The van der Waals surface area contributed by atoms with Crippen molar-refractivity contribution in [1.82, 2.24) is 0 Å². The van der Waals surface area contributed by atoms with E-state index in [1.165, 1.54) is 0 Å². The molecule has 1 atom stereocenters. The smallest absolute Gasteiger partial charge is 0.121 e. The van der Waals surface area contributed by atoms with E-state index in [9.17, 15) is 5.11 Å². The van der Waals surface area contributed by atoms with Crippen LogP contribution in [0.1, 0.15) is 22.8 Å². The van der Waals surface area contributed by atoms with Crippen LogP contribution in [0.25, 0.3) is 0 Å². The average Bonchev–Trinajstić information content (AvgIpc) is 2.46. The van der Waals surface area contributed by atoms with E-state index >= 15 is 0 Å². The van der Waals surface area contributed by atoms with Crippen molar-refractivity contribution in [2.45, 2.75) is 17.9 Å². The van der Waals surface area contributed by atoms with Gasteiger partial charge in [-0.25, -0.2) is 0 Å². The topological polar surface area (TPSA) is 29.5 Å². The van der Waals surface area contributed by atoms with E-state index in [0.29, 0.717) is 0 Å². The molecule has 2 aromatic rings. The molecule has 0 aliphatic carbocycles. The second-order valence-corrected chi connectivity index (χ2v) is 5.22. The Morgan fingerprint density at radius 1 is 1.16 bits per heavy atom. The van der Waals surface area contributed by atoms with Crippen LogP contribution in [0, 0.1) is 6.92 Å². The molecular weight excluding hydrogens is 256 g/mol. The van der Waals surface area contributed by atoms with Crippen LogP contribution in [0.5, 0.6) is 5.75 Å². The first-order valence-corrected chi connectivity index (χ1v) is 7.35. The minimum absolute atomic E-state index is 0.603. The largest absolute Gasteiger partial charge is 0.496 e. The molecule has 0 radical (unpaired) electrons. The minimum Gasteiger partial charge on any atom is -0.496 e. The lowest BCUT2D eigenvalue weighted by Gasteiger charge is -2.16. The number of rotatable bonds is 4. The second kappa shape index (κ2) is 6.13. The van der Waals surface area contributed by atoms with Gasteiger partial charge in [0, 0.05) is 4.90 Å². The van der Waals surface area contributed by atoms with E-state index in [1.807, 2.05) is 55.6 Å². The Hall–Kier alpha value is -1.45. The van der Waals surface area contributed by atoms with Crippen molar-refractivity contribution in [3.8, 4) is 5.75 Å². The SMILES string of the molecule is COc1ccc(C(O)c2ccccc2SC)cc1C. The van der Waals surface area contributed by atoms with Gasteiger partial charge in [0.1, 0.15) is 11.9 Å². The van der Waals surface area contributed by atoms with Crippen molar-refractivity contribution in [3.63, 3.8) is 0 Å². The van der Waals surface area contributed by atoms with Crippen LogP contribution in [0.3, 0.4) is 0 Å².